The van der Waals surface area contributed by atoms with Crippen molar-refractivity contribution in [2.75, 3.05) is 13.7 Å². The van der Waals surface area contributed by atoms with Gasteiger partial charge in [0.1, 0.15) is 6.04 Å². The van der Waals surface area contributed by atoms with Crippen molar-refractivity contribution in [3.05, 3.63) is 0 Å². The standard InChI is InChI=1S/C14H23NO4/c1-5-14(2,3)11(16)12(17)15-9-7-6-8-10(15)13(18)19-4/h10H,5-9H2,1-4H3/t10-/m0/s1. The molecule has 5 heteroatoms. The molecular formula is C14H23NO4. The Morgan fingerprint density at radius 2 is 1.89 bits per heavy atom. The van der Waals surface area contributed by atoms with Gasteiger partial charge in [-0.2, -0.15) is 0 Å². The van der Waals surface area contributed by atoms with Crippen molar-refractivity contribution in [3.8, 4) is 0 Å². The molecule has 0 radical (unpaired) electrons. The van der Waals surface area contributed by atoms with E-state index < -0.39 is 29.1 Å². The Hall–Kier alpha value is -1.39. The van der Waals surface area contributed by atoms with Gasteiger partial charge in [0.25, 0.3) is 5.91 Å². The van der Waals surface area contributed by atoms with Crippen LogP contribution in [0.2, 0.25) is 0 Å². The van der Waals surface area contributed by atoms with Gasteiger partial charge < -0.3 is 9.64 Å². The highest BCUT2D eigenvalue weighted by atomic mass is 16.5. The van der Waals surface area contributed by atoms with Crippen LogP contribution in [-0.4, -0.2) is 42.3 Å². The molecular weight excluding hydrogens is 246 g/mol. The second kappa shape index (κ2) is 6.17. The smallest absolute Gasteiger partial charge is 0.328 e. The Balaban J connectivity index is 2.89. The molecule has 1 aliphatic rings. The van der Waals surface area contributed by atoms with Gasteiger partial charge in [0.15, 0.2) is 0 Å². The lowest BCUT2D eigenvalue weighted by Crippen LogP contribution is -2.52. The molecule has 0 aromatic carbocycles. The van der Waals surface area contributed by atoms with Gasteiger partial charge in [-0.05, 0) is 25.7 Å². The quantitative estimate of drug-likeness (QED) is 0.573. The molecule has 0 saturated carbocycles. The monoisotopic (exact) mass is 269 g/mol. The topological polar surface area (TPSA) is 63.7 Å². The van der Waals surface area contributed by atoms with Crippen molar-refractivity contribution in [3.63, 3.8) is 0 Å². The summed E-state index contributed by atoms with van der Waals surface area (Å²) in [7, 11) is 1.30. The Labute approximate surface area is 114 Å². The molecule has 1 atom stereocenters. The molecule has 0 bridgehead atoms. The fourth-order valence-electron chi connectivity index (χ4n) is 2.14. The van der Waals surface area contributed by atoms with E-state index in [2.05, 4.69) is 0 Å². The van der Waals surface area contributed by atoms with Gasteiger partial charge in [-0.3, -0.25) is 9.59 Å². The number of carbonyl (C=O) groups excluding carboxylic acids is 3. The average molecular weight is 269 g/mol. The van der Waals surface area contributed by atoms with Gasteiger partial charge in [0.05, 0.1) is 7.11 Å². The highest BCUT2D eigenvalue weighted by Gasteiger charge is 2.40. The lowest BCUT2D eigenvalue weighted by atomic mass is 9.84. The van der Waals surface area contributed by atoms with Crippen molar-refractivity contribution in [1.82, 2.24) is 4.90 Å². The van der Waals surface area contributed by atoms with Crippen LogP contribution < -0.4 is 0 Å². The molecule has 1 aliphatic heterocycles. The van der Waals surface area contributed by atoms with Gasteiger partial charge in [-0.25, -0.2) is 4.79 Å². The minimum atomic E-state index is -0.685. The van der Waals surface area contributed by atoms with Crippen LogP contribution in [-0.2, 0) is 19.1 Å². The molecule has 1 heterocycles. The number of nitrogens with zero attached hydrogens (tertiary/aromatic N) is 1. The van der Waals surface area contributed by atoms with Crippen LogP contribution in [0.5, 0.6) is 0 Å². The van der Waals surface area contributed by atoms with Crippen LogP contribution in [0.1, 0.15) is 46.5 Å². The van der Waals surface area contributed by atoms with Crippen LogP contribution in [0.15, 0.2) is 0 Å². The summed E-state index contributed by atoms with van der Waals surface area (Å²) in [6.07, 6.45) is 2.85. The Morgan fingerprint density at radius 3 is 2.42 bits per heavy atom. The number of Topliss-reactive ketones (excluding diaryl/α,β-unsaturated/α-hetero) is 1. The predicted molar refractivity (Wildman–Crippen MR) is 70.4 cm³/mol. The SMILES string of the molecule is CCC(C)(C)C(=O)C(=O)N1CCCC[C@H]1C(=O)OC. The third kappa shape index (κ3) is 3.33. The van der Waals surface area contributed by atoms with Crippen molar-refractivity contribution in [2.45, 2.75) is 52.5 Å². The van der Waals surface area contributed by atoms with Crippen LogP contribution in [0.3, 0.4) is 0 Å². The van der Waals surface area contributed by atoms with Gasteiger partial charge in [0.2, 0.25) is 5.78 Å². The van der Waals surface area contributed by atoms with E-state index in [1.165, 1.54) is 12.0 Å². The molecule has 19 heavy (non-hydrogen) atoms. The predicted octanol–water partition coefficient (Wildman–Crippen LogP) is 1.55. The van der Waals surface area contributed by atoms with E-state index in [-0.39, 0.29) is 0 Å². The molecule has 1 saturated heterocycles. The summed E-state index contributed by atoms with van der Waals surface area (Å²) in [5, 5.41) is 0. The summed E-state index contributed by atoms with van der Waals surface area (Å²) in [6.45, 7) is 5.83. The third-order valence-corrected chi connectivity index (χ3v) is 3.93. The Bertz CT molecular complexity index is 376. The lowest BCUT2D eigenvalue weighted by Gasteiger charge is -2.35. The number of piperidine rings is 1. The van der Waals surface area contributed by atoms with Crippen molar-refractivity contribution in [1.29, 1.82) is 0 Å². The normalized spacial score (nSPS) is 20.0. The summed E-state index contributed by atoms with van der Waals surface area (Å²) in [4.78, 5) is 37.6. The van der Waals surface area contributed by atoms with Crippen LogP contribution >= 0.6 is 0 Å². The molecule has 1 fully saturated rings. The zero-order chi connectivity index (χ0) is 14.6. The Morgan fingerprint density at radius 1 is 1.26 bits per heavy atom. The zero-order valence-corrected chi connectivity index (χ0v) is 12.2. The van der Waals surface area contributed by atoms with E-state index >= 15 is 0 Å². The van der Waals surface area contributed by atoms with Gasteiger partial charge >= 0.3 is 5.97 Å². The summed E-state index contributed by atoms with van der Waals surface area (Å²) in [5.41, 5.74) is -0.685. The second-order valence-corrected chi connectivity index (χ2v) is 5.60. The molecule has 0 N–H and O–H groups in total. The largest absolute Gasteiger partial charge is 0.467 e. The number of ketones is 1. The molecule has 0 aliphatic carbocycles. The highest BCUT2D eigenvalue weighted by Crippen LogP contribution is 2.25. The maximum atomic E-state index is 12.3. The first-order valence-corrected chi connectivity index (χ1v) is 6.78. The number of amides is 1. The van der Waals surface area contributed by atoms with Crippen molar-refractivity contribution in [2.24, 2.45) is 5.41 Å². The fraction of sp³-hybridized carbons (Fsp3) is 0.786. The van der Waals surface area contributed by atoms with E-state index in [4.69, 9.17) is 4.74 Å². The lowest BCUT2D eigenvalue weighted by molar-refractivity contribution is -0.159. The van der Waals surface area contributed by atoms with Gasteiger partial charge in [-0.1, -0.05) is 20.8 Å². The van der Waals surface area contributed by atoms with E-state index in [1.54, 1.807) is 13.8 Å². The molecule has 108 valence electrons. The van der Waals surface area contributed by atoms with Crippen molar-refractivity contribution >= 4 is 17.7 Å². The number of carbonyl (C=O) groups is 3. The van der Waals surface area contributed by atoms with Gasteiger partial charge in [0, 0.05) is 12.0 Å². The first-order valence-electron chi connectivity index (χ1n) is 6.78. The number of likely N-dealkylation sites (tertiary alicyclic amines) is 1. The van der Waals surface area contributed by atoms with Crippen LogP contribution in [0.25, 0.3) is 0 Å². The maximum absolute atomic E-state index is 12.3. The average Bonchev–Trinajstić information content (AvgIpc) is 2.44. The number of methoxy groups -OCH3 is 1. The molecule has 1 amide bonds. The first kappa shape index (κ1) is 15.7. The summed E-state index contributed by atoms with van der Waals surface area (Å²) in [6, 6.07) is -0.608. The number of hydrogen-bond donors (Lipinski definition) is 0. The summed E-state index contributed by atoms with van der Waals surface area (Å²) < 4.78 is 4.72. The highest BCUT2D eigenvalue weighted by molar-refractivity contribution is 6.38. The first-order chi connectivity index (χ1) is 8.85. The van der Waals surface area contributed by atoms with E-state index in [1.807, 2.05) is 6.92 Å². The minimum Gasteiger partial charge on any atom is -0.467 e. The fourth-order valence-corrected chi connectivity index (χ4v) is 2.14. The van der Waals surface area contributed by atoms with E-state index in [9.17, 15) is 14.4 Å². The summed E-state index contributed by atoms with van der Waals surface area (Å²) >= 11 is 0. The summed E-state index contributed by atoms with van der Waals surface area (Å²) in [5.74, 6) is -1.41. The minimum absolute atomic E-state index is 0.425. The molecule has 1 rings (SSSR count). The maximum Gasteiger partial charge on any atom is 0.328 e. The molecule has 0 spiro atoms. The van der Waals surface area contributed by atoms with Gasteiger partial charge in [-0.15, -0.1) is 0 Å². The third-order valence-electron chi connectivity index (χ3n) is 3.93. The number of ether oxygens (including phenoxy) is 1. The van der Waals surface area contributed by atoms with Crippen molar-refractivity contribution < 1.29 is 19.1 Å². The Kier molecular flexibility index (Phi) is 5.09. The molecule has 0 aromatic heterocycles. The molecule has 0 unspecified atom stereocenters. The van der Waals surface area contributed by atoms with Crippen LogP contribution in [0.4, 0.5) is 0 Å². The molecule has 0 aromatic rings. The molecule has 5 nitrogen and oxygen atoms in total. The van der Waals surface area contributed by atoms with Crippen LogP contribution in [0, 0.1) is 5.41 Å². The number of hydrogen-bond acceptors (Lipinski definition) is 4. The van der Waals surface area contributed by atoms with E-state index in [0.717, 1.165) is 12.8 Å². The zero-order valence-electron chi connectivity index (χ0n) is 12.2. The van der Waals surface area contributed by atoms with E-state index in [0.29, 0.717) is 19.4 Å². The number of rotatable bonds is 4. The number of esters is 1. The second-order valence-electron chi connectivity index (χ2n) is 5.60.